The number of aliphatic hydroxyl groups is 1. The molecule has 37 heavy (non-hydrogen) atoms. The fourth-order valence-corrected chi connectivity index (χ4v) is 4.82. The summed E-state index contributed by atoms with van der Waals surface area (Å²) in [5, 5.41) is 28.6. The number of hydrogen-bond donors (Lipinski definition) is 4. The Morgan fingerprint density at radius 3 is 2.54 bits per heavy atom. The molecule has 1 atom stereocenters. The Morgan fingerprint density at radius 1 is 1.19 bits per heavy atom. The molecule has 10 heteroatoms. The molecule has 0 radical (unpaired) electrons. The maximum Gasteiger partial charge on any atom is 0.335 e. The first-order valence-corrected chi connectivity index (χ1v) is 11.5. The fraction of sp³-hybridized carbons (Fsp3) is 0.185. The van der Waals surface area contributed by atoms with Crippen LogP contribution in [0.25, 0.3) is 38.6 Å². The maximum atomic E-state index is 16.2. The summed E-state index contributed by atoms with van der Waals surface area (Å²) in [7, 11) is 1.44. The van der Waals surface area contributed by atoms with Crippen LogP contribution in [0.2, 0.25) is 0 Å². The number of nitrogen functional groups attached to an aromatic ring is 1. The van der Waals surface area contributed by atoms with Crippen LogP contribution in [0.1, 0.15) is 29.4 Å². The van der Waals surface area contributed by atoms with Crippen LogP contribution in [0.3, 0.4) is 0 Å². The van der Waals surface area contributed by atoms with Crippen molar-refractivity contribution in [2.75, 3.05) is 19.5 Å². The third-order valence-corrected chi connectivity index (χ3v) is 6.67. The number of nitrogens with one attached hydrogen (secondary N) is 1. The lowest BCUT2D eigenvalue weighted by Gasteiger charge is -2.30. The van der Waals surface area contributed by atoms with Crippen LogP contribution in [-0.2, 0) is 10.3 Å². The van der Waals surface area contributed by atoms with Gasteiger partial charge in [0.1, 0.15) is 16.9 Å². The van der Waals surface area contributed by atoms with E-state index in [2.05, 4.69) is 10.2 Å². The monoisotopic (exact) mass is 506 g/mol. The lowest BCUT2D eigenvalue weighted by molar-refractivity contribution is -0.0422. The molecule has 0 bridgehead atoms. The smallest absolute Gasteiger partial charge is 0.335 e. The number of aromatic carboxylic acids is 1. The average molecular weight is 507 g/mol. The number of aromatic nitrogens is 3. The molecule has 0 aliphatic heterocycles. The number of benzene rings is 3. The van der Waals surface area contributed by atoms with Gasteiger partial charge in [0.15, 0.2) is 5.82 Å². The number of aromatic amines is 1. The van der Waals surface area contributed by atoms with Gasteiger partial charge >= 0.3 is 5.97 Å². The summed E-state index contributed by atoms with van der Waals surface area (Å²) < 4.78 is 37.4. The molecular weight excluding hydrogens is 482 g/mol. The molecule has 0 fully saturated rings. The van der Waals surface area contributed by atoms with Crippen LogP contribution in [-0.4, -0.2) is 44.7 Å². The van der Waals surface area contributed by atoms with E-state index in [9.17, 15) is 19.4 Å². The second-order valence-electron chi connectivity index (χ2n) is 8.88. The van der Waals surface area contributed by atoms with Crippen molar-refractivity contribution in [3.05, 3.63) is 77.6 Å². The van der Waals surface area contributed by atoms with Gasteiger partial charge in [0.2, 0.25) is 0 Å². The molecule has 0 saturated carbocycles. The average Bonchev–Trinajstić information content (AvgIpc) is 3.49. The molecule has 3 aromatic carbocycles. The van der Waals surface area contributed by atoms with Crippen LogP contribution in [0, 0.1) is 11.6 Å². The van der Waals surface area contributed by atoms with E-state index in [0.717, 1.165) is 0 Å². The Bertz CT molecular complexity index is 1660. The number of anilines is 1. The number of carboxylic acid groups (broad SMARTS) is 1. The number of methoxy groups -OCH3 is 1. The van der Waals surface area contributed by atoms with Gasteiger partial charge in [0, 0.05) is 29.1 Å². The lowest BCUT2D eigenvalue weighted by Crippen LogP contribution is -2.33. The molecule has 5 rings (SSSR count). The number of carbonyl (C=O) groups is 1. The zero-order chi connectivity index (χ0) is 26.5. The van der Waals surface area contributed by atoms with Gasteiger partial charge < -0.3 is 25.3 Å². The molecule has 1 unspecified atom stereocenters. The van der Waals surface area contributed by atoms with E-state index in [-0.39, 0.29) is 35.2 Å². The van der Waals surface area contributed by atoms with Gasteiger partial charge in [-0.2, -0.15) is 5.10 Å². The van der Waals surface area contributed by atoms with Crippen molar-refractivity contribution in [3.63, 3.8) is 0 Å². The van der Waals surface area contributed by atoms with Crippen molar-refractivity contribution in [3.8, 4) is 16.8 Å². The van der Waals surface area contributed by atoms with Crippen LogP contribution < -0.4 is 5.73 Å². The van der Waals surface area contributed by atoms with E-state index >= 15 is 4.39 Å². The first kappa shape index (κ1) is 24.4. The molecule has 5 N–H and O–H groups in total. The number of fused-ring (bicyclic) bond motifs is 2. The van der Waals surface area contributed by atoms with Gasteiger partial charge in [-0.1, -0.05) is 19.1 Å². The minimum Gasteiger partial charge on any atom is -0.478 e. The predicted octanol–water partition coefficient (Wildman–Crippen LogP) is 4.98. The van der Waals surface area contributed by atoms with E-state index in [1.165, 1.54) is 43.6 Å². The molecule has 0 amide bonds. The first-order valence-electron chi connectivity index (χ1n) is 11.5. The Morgan fingerprint density at radius 2 is 1.92 bits per heavy atom. The zero-order valence-corrected chi connectivity index (χ0v) is 20.0. The maximum absolute atomic E-state index is 16.2. The highest BCUT2D eigenvalue weighted by Crippen LogP contribution is 2.46. The molecule has 5 aromatic rings. The summed E-state index contributed by atoms with van der Waals surface area (Å²) in [5.41, 5.74) is 6.28. The summed E-state index contributed by atoms with van der Waals surface area (Å²) in [4.78, 5) is 11.5. The number of carboxylic acids is 1. The summed E-state index contributed by atoms with van der Waals surface area (Å²) >= 11 is 0. The van der Waals surface area contributed by atoms with Gasteiger partial charge in [0.05, 0.1) is 35.3 Å². The van der Waals surface area contributed by atoms with Gasteiger partial charge in [-0.05, 0) is 48.4 Å². The fourth-order valence-electron chi connectivity index (χ4n) is 4.82. The predicted molar refractivity (Wildman–Crippen MR) is 136 cm³/mol. The number of ether oxygens (including phenoxy) is 1. The standard InChI is InChI=1S/C27H24F2N4O4/c1-3-27(36,13-37-2)25-21(14-4-6-15(7-5-14)26(34)35)22-20(10-16-12-31-32-24(16)23(22)29)33(25)17-8-9-18(28)19(30)11-17/h4-12,36H,3,13,30H2,1-2H3,(H,31,32)(H,34,35). The van der Waals surface area contributed by atoms with Crippen LogP contribution in [0.5, 0.6) is 0 Å². The molecule has 0 aliphatic carbocycles. The molecule has 0 aliphatic rings. The largest absolute Gasteiger partial charge is 0.478 e. The summed E-state index contributed by atoms with van der Waals surface area (Å²) in [5.74, 6) is -2.32. The molecule has 190 valence electrons. The second-order valence-corrected chi connectivity index (χ2v) is 8.88. The summed E-state index contributed by atoms with van der Waals surface area (Å²) in [6, 6.07) is 11.8. The van der Waals surface area contributed by atoms with Crippen LogP contribution in [0.15, 0.2) is 54.7 Å². The van der Waals surface area contributed by atoms with E-state index in [1.807, 2.05) is 0 Å². The molecule has 2 heterocycles. The van der Waals surface area contributed by atoms with Crippen LogP contribution >= 0.6 is 0 Å². The van der Waals surface area contributed by atoms with Crippen LogP contribution in [0.4, 0.5) is 14.5 Å². The number of hydrogen-bond acceptors (Lipinski definition) is 5. The highest BCUT2D eigenvalue weighted by atomic mass is 19.1. The van der Waals surface area contributed by atoms with Crippen molar-refractivity contribution < 1.29 is 28.5 Å². The quantitative estimate of drug-likeness (QED) is 0.231. The minimum atomic E-state index is -1.61. The highest BCUT2D eigenvalue weighted by Gasteiger charge is 2.38. The normalized spacial score (nSPS) is 13.3. The molecule has 0 spiro atoms. The van der Waals surface area contributed by atoms with Crippen molar-refractivity contribution in [2.24, 2.45) is 0 Å². The van der Waals surface area contributed by atoms with E-state index in [0.29, 0.717) is 33.4 Å². The van der Waals surface area contributed by atoms with Crippen molar-refractivity contribution in [1.82, 2.24) is 14.8 Å². The second kappa shape index (κ2) is 8.99. The number of rotatable bonds is 7. The molecule has 0 saturated heterocycles. The van der Waals surface area contributed by atoms with Crippen molar-refractivity contribution in [1.29, 1.82) is 0 Å². The van der Waals surface area contributed by atoms with Crippen molar-refractivity contribution in [2.45, 2.75) is 18.9 Å². The minimum absolute atomic E-state index is 0.0550. The Labute approximate surface area is 209 Å². The molecule has 8 nitrogen and oxygen atoms in total. The van der Waals surface area contributed by atoms with E-state index in [1.54, 1.807) is 29.7 Å². The third kappa shape index (κ3) is 3.81. The lowest BCUT2D eigenvalue weighted by atomic mass is 9.89. The van der Waals surface area contributed by atoms with Crippen molar-refractivity contribution >= 4 is 33.5 Å². The number of nitrogens with zero attached hydrogens (tertiary/aromatic N) is 2. The first-order chi connectivity index (χ1) is 17.7. The Hall–Kier alpha value is -4.28. The van der Waals surface area contributed by atoms with Gasteiger partial charge in [0.25, 0.3) is 0 Å². The number of nitrogens with two attached hydrogens (primary N) is 1. The van der Waals surface area contributed by atoms with E-state index in [4.69, 9.17) is 10.5 Å². The molecule has 2 aromatic heterocycles. The Kier molecular flexibility index (Phi) is 5.93. The summed E-state index contributed by atoms with van der Waals surface area (Å²) in [6.45, 7) is 1.64. The van der Waals surface area contributed by atoms with Gasteiger partial charge in [-0.15, -0.1) is 0 Å². The molecular formula is C27H24F2N4O4. The van der Waals surface area contributed by atoms with Gasteiger partial charge in [-0.3, -0.25) is 5.10 Å². The summed E-state index contributed by atoms with van der Waals surface area (Å²) in [6.07, 6.45) is 1.67. The highest BCUT2D eigenvalue weighted by molar-refractivity contribution is 6.06. The number of H-pyrrole nitrogens is 1. The zero-order valence-electron chi connectivity index (χ0n) is 20.0. The Balaban J connectivity index is 2.01. The van der Waals surface area contributed by atoms with E-state index < -0.39 is 23.2 Å². The topological polar surface area (TPSA) is 126 Å². The SMILES string of the molecule is CCC(O)(COC)c1c(-c2ccc(C(=O)O)cc2)c2c(F)c3[nH]ncc3cc2n1-c1ccc(F)c(N)c1. The number of halogens is 2. The third-order valence-electron chi connectivity index (χ3n) is 6.67. The van der Waals surface area contributed by atoms with Gasteiger partial charge in [-0.25, -0.2) is 13.6 Å².